The Kier molecular flexibility index (Phi) is 6.54. The number of rotatable bonds is 5. The van der Waals surface area contributed by atoms with E-state index in [4.69, 9.17) is 14.2 Å². The van der Waals surface area contributed by atoms with E-state index in [1.807, 2.05) is 58.3 Å². The highest BCUT2D eigenvalue weighted by Gasteiger charge is 2.48. The zero-order chi connectivity index (χ0) is 27.1. The molecule has 8 nitrogen and oxygen atoms in total. The van der Waals surface area contributed by atoms with Crippen molar-refractivity contribution in [3.05, 3.63) is 82.9 Å². The zero-order valence-corrected chi connectivity index (χ0v) is 22.6. The van der Waals surface area contributed by atoms with Crippen LogP contribution in [0.3, 0.4) is 0 Å². The molecule has 1 fully saturated rings. The molecule has 0 radical (unpaired) electrons. The van der Waals surface area contributed by atoms with E-state index in [0.717, 1.165) is 41.2 Å². The van der Waals surface area contributed by atoms with E-state index < -0.39 is 12.0 Å². The molecule has 6 rings (SSSR count). The molecule has 39 heavy (non-hydrogen) atoms. The van der Waals surface area contributed by atoms with Crippen LogP contribution < -0.4 is 19.1 Å². The number of anilines is 1. The molecule has 3 aromatic carbocycles. The number of fused-ring (bicyclic) bond motifs is 4. The lowest BCUT2D eigenvalue weighted by atomic mass is 9.75. The molecule has 8 heteroatoms. The van der Waals surface area contributed by atoms with E-state index >= 15 is 0 Å². The van der Waals surface area contributed by atoms with Gasteiger partial charge < -0.3 is 28.9 Å². The summed E-state index contributed by atoms with van der Waals surface area (Å²) in [6.07, 6.45) is 0.696. The minimum absolute atomic E-state index is 0.0237. The fraction of sp³-hybridized carbons (Fsp3) is 0.355. The molecule has 1 saturated heterocycles. The number of carbonyl (C=O) groups is 2. The van der Waals surface area contributed by atoms with Gasteiger partial charge in [0.1, 0.15) is 5.75 Å². The van der Waals surface area contributed by atoms with Gasteiger partial charge in [-0.3, -0.25) is 9.59 Å². The van der Waals surface area contributed by atoms with E-state index in [-0.39, 0.29) is 11.8 Å². The first-order valence-electron chi connectivity index (χ1n) is 13.4. The van der Waals surface area contributed by atoms with Crippen LogP contribution >= 0.6 is 0 Å². The first kappa shape index (κ1) is 25.1. The Hall–Kier alpha value is -4.20. The number of hydrogen-bond donors (Lipinski definition) is 0. The van der Waals surface area contributed by atoms with Crippen molar-refractivity contribution in [3.63, 3.8) is 0 Å². The summed E-state index contributed by atoms with van der Waals surface area (Å²) < 4.78 is 16.5. The van der Waals surface area contributed by atoms with Gasteiger partial charge in [0.2, 0.25) is 5.91 Å². The molecule has 0 spiro atoms. The van der Waals surface area contributed by atoms with Crippen LogP contribution in [-0.4, -0.2) is 75.7 Å². The number of piperazine rings is 1. The Morgan fingerprint density at radius 1 is 0.795 bits per heavy atom. The van der Waals surface area contributed by atoms with Gasteiger partial charge in [0.25, 0.3) is 5.91 Å². The molecule has 202 valence electrons. The summed E-state index contributed by atoms with van der Waals surface area (Å²) >= 11 is 0. The third-order valence-electron chi connectivity index (χ3n) is 8.32. The van der Waals surface area contributed by atoms with Crippen LogP contribution in [0.25, 0.3) is 0 Å². The first-order valence-corrected chi connectivity index (χ1v) is 13.4. The van der Waals surface area contributed by atoms with Crippen LogP contribution in [0.2, 0.25) is 0 Å². The van der Waals surface area contributed by atoms with Crippen molar-refractivity contribution >= 4 is 17.5 Å². The molecule has 2 unspecified atom stereocenters. The average molecular weight is 528 g/mol. The third-order valence-corrected chi connectivity index (χ3v) is 8.32. The number of benzene rings is 3. The Labute approximate surface area is 228 Å². The largest absolute Gasteiger partial charge is 0.497 e. The molecule has 2 amide bonds. The summed E-state index contributed by atoms with van der Waals surface area (Å²) in [7, 11) is 4.89. The molecule has 3 heterocycles. The van der Waals surface area contributed by atoms with Crippen molar-refractivity contribution in [3.8, 4) is 17.2 Å². The molecule has 0 saturated carbocycles. The van der Waals surface area contributed by atoms with Crippen molar-refractivity contribution in [2.24, 2.45) is 0 Å². The lowest BCUT2D eigenvalue weighted by Gasteiger charge is -2.47. The van der Waals surface area contributed by atoms with Crippen LogP contribution in [0.5, 0.6) is 17.2 Å². The highest BCUT2D eigenvalue weighted by Crippen LogP contribution is 2.49. The smallest absolute Gasteiger partial charge is 0.254 e. The van der Waals surface area contributed by atoms with Crippen LogP contribution in [0, 0.1) is 0 Å². The van der Waals surface area contributed by atoms with Gasteiger partial charge in [-0.05, 0) is 65.6 Å². The summed E-state index contributed by atoms with van der Waals surface area (Å²) in [4.78, 5) is 34.2. The normalized spacial score (nSPS) is 20.1. The minimum Gasteiger partial charge on any atom is -0.497 e. The van der Waals surface area contributed by atoms with Gasteiger partial charge in [-0.2, -0.15) is 0 Å². The van der Waals surface area contributed by atoms with Crippen LogP contribution in [0.1, 0.15) is 39.0 Å². The Bertz CT molecular complexity index is 1400. The topological polar surface area (TPSA) is 71.6 Å². The van der Waals surface area contributed by atoms with E-state index in [0.29, 0.717) is 43.1 Å². The highest BCUT2D eigenvalue weighted by atomic mass is 16.5. The zero-order valence-electron chi connectivity index (χ0n) is 22.6. The molecule has 3 aliphatic rings. The van der Waals surface area contributed by atoms with Gasteiger partial charge in [-0.15, -0.1) is 0 Å². The van der Waals surface area contributed by atoms with Crippen molar-refractivity contribution in [2.75, 3.05) is 59.0 Å². The number of ether oxygens (including phenoxy) is 3. The Balaban J connectivity index is 1.34. The number of methoxy groups -OCH3 is 3. The fourth-order valence-corrected chi connectivity index (χ4v) is 6.29. The SMILES string of the molecule is COc1ccc(N2CCN(C(=O)C3c4ccccc4C(=O)N4CCc5cc(OC)c(OC)cc5C34)CC2)cc1. The fourth-order valence-electron chi connectivity index (χ4n) is 6.29. The van der Waals surface area contributed by atoms with Gasteiger partial charge in [-0.1, -0.05) is 18.2 Å². The summed E-state index contributed by atoms with van der Waals surface area (Å²) in [6, 6.07) is 19.1. The molecule has 3 aromatic rings. The Morgan fingerprint density at radius 2 is 1.49 bits per heavy atom. The Morgan fingerprint density at radius 3 is 2.18 bits per heavy atom. The molecule has 3 aliphatic heterocycles. The highest BCUT2D eigenvalue weighted by molar-refractivity contribution is 6.01. The standard InChI is InChI=1S/C31H33N3O5/c1-37-22-10-8-21(9-11-22)32-14-16-33(17-15-32)31(36)28-23-6-4-5-7-24(23)30(35)34-13-12-20-18-26(38-2)27(39-3)19-25(20)29(28)34/h4-11,18-19,28-29H,12-17H2,1-3H3. The van der Waals surface area contributed by atoms with Gasteiger partial charge in [0.15, 0.2) is 11.5 Å². The van der Waals surface area contributed by atoms with E-state index in [1.54, 1.807) is 21.3 Å². The molecule has 2 atom stereocenters. The second-order valence-corrected chi connectivity index (χ2v) is 10.2. The van der Waals surface area contributed by atoms with Gasteiger partial charge in [0.05, 0.1) is 33.3 Å². The lowest BCUT2D eigenvalue weighted by Crippen LogP contribution is -2.54. The number of nitrogens with zero attached hydrogens (tertiary/aromatic N) is 3. The van der Waals surface area contributed by atoms with Crippen LogP contribution in [0.15, 0.2) is 60.7 Å². The molecular formula is C31H33N3O5. The summed E-state index contributed by atoms with van der Waals surface area (Å²) in [5.74, 6) is 1.62. The molecular weight excluding hydrogens is 494 g/mol. The first-order chi connectivity index (χ1) is 19.0. The molecule has 0 bridgehead atoms. The predicted octanol–water partition coefficient (Wildman–Crippen LogP) is 3.90. The second kappa shape index (κ2) is 10.2. The summed E-state index contributed by atoms with van der Waals surface area (Å²) in [6.45, 7) is 3.25. The second-order valence-electron chi connectivity index (χ2n) is 10.2. The molecule has 0 N–H and O–H groups in total. The van der Waals surface area contributed by atoms with Gasteiger partial charge in [-0.25, -0.2) is 0 Å². The average Bonchev–Trinajstić information content (AvgIpc) is 3.00. The van der Waals surface area contributed by atoms with Crippen molar-refractivity contribution < 1.29 is 23.8 Å². The maximum absolute atomic E-state index is 14.4. The van der Waals surface area contributed by atoms with Gasteiger partial charge in [0, 0.05) is 44.0 Å². The monoisotopic (exact) mass is 527 g/mol. The number of carbonyl (C=O) groups excluding carboxylic acids is 2. The van der Waals surface area contributed by atoms with E-state index in [1.165, 1.54) is 0 Å². The van der Waals surface area contributed by atoms with Crippen molar-refractivity contribution in [2.45, 2.75) is 18.4 Å². The van der Waals surface area contributed by atoms with Crippen molar-refractivity contribution in [1.29, 1.82) is 0 Å². The van der Waals surface area contributed by atoms with E-state index in [9.17, 15) is 9.59 Å². The number of hydrogen-bond acceptors (Lipinski definition) is 6. The lowest BCUT2D eigenvalue weighted by molar-refractivity contribution is -0.135. The maximum atomic E-state index is 14.4. The molecule has 0 aromatic heterocycles. The summed E-state index contributed by atoms with van der Waals surface area (Å²) in [5, 5.41) is 0. The van der Waals surface area contributed by atoms with Crippen LogP contribution in [0.4, 0.5) is 5.69 Å². The minimum atomic E-state index is -0.497. The predicted molar refractivity (Wildman–Crippen MR) is 148 cm³/mol. The van der Waals surface area contributed by atoms with Gasteiger partial charge >= 0.3 is 0 Å². The third kappa shape index (κ3) is 4.24. The quantitative estimate of drug-likeness (QED) is 0.501. The van der Waals surface area contributed by atoms with Crippen molar-refractivity contribution in [1.82, 2.24) is 9.80 Å². The maximum Gasteiger partial charge on any atom is 0.254 e. The van der Waals surface area contributed by atoms with Crippen LogP contribution in [-0.2, 0) is 11.2 Å². The van der Waals surface area contributed by atoms with E-state index in [2.05, 4.69) is 17.0 Å². The summed E-state index contributed by atoms with van der Waals surface area (Å²) in [5.41, 5.74) is 4.58. The molecule has 0 aliphatic carbocycles. The number of amides is 2.